The Kier molecular flexibility index (Phi) is 3.20. The average molecular weight is 297 g/mol. The minimum Gasteiger partial charge on any atom is -0.303 e. The molecule has 2 heteroatoms. The maximum Gasteiger partial charge on any atom is 0.0382 e. The number of hydrogen-bond donors (Lipinski definition) is 1. The lowest BCUT2D eigenvalue weighted by Crippen LogP contribution is -2.35. The Morgan fingerprint density at radius 3 is 2.90 bits per heavy atom. The highest BCUT2D eigenvalue weighted by atomic mass is 32.1. The normalized spacial score (nSPS) is 26.4. The van der Waals surface area contributed by atoms with Crippen molar-refractivity contribution in [3.63, 3.8) is 0 Å². The number of nitrogens with one attached hydrogen (secondary N) is 1. The summed E-state index contributed by atoms with van der Waals surface area (Å²) in [6.07, 6.45) is 5.05. The Labute approximate surface area is 131 Å². The molecule has 2 atom stereocenters. The van der Waals surface area contributed by atoms with Gasteiger partial charge in [0.1, 0.15) is 0 Å². The van der Waals surface area contributed by atoms with Crippen LogP contribution in [-0.2, 0) is 12.8 Å². The summed E-state index contributed by atoms with van der Waals surface area (Å²) < 4.78 is 0. The van der Waals surface area contributed by atoms with Crippen molar-refractivity contribution in [2.45, 2.75) is 51.6 Å². The van der Waals surface area contributed by atoms with Crippen LogP contribution in [0.2, 0.25) is 0 Å². The van der Waals surface area contributed by atoms with Crippen molar-refractivity contribution in [3.8, 4) is 0 Å². The van der Waals surface area contributed by atoms with E-state index in [-0.39, 0.29) is 0 Å². The van der Waals surface area contributed by atoms with E-state index in [1.165, 1.54) is 36.8 Å². The molecule has 110 valence electrons. The number of rotatable bonds is 2. The molecule has 0 spiro atoms. The number of fused-ring (bicyclic) bond motifs is 2. The predicted octanol–water partition coefficient (Wildman–Crippen LogP) is 5.04. The molecule has 1 aromatic carbocycles. The predicted molar refractivity (Wildman–Crippen MR) is 89.8 cm³/mol. The maximum atomic E-state index is 4.01. The van der Waals surface area contributed by atoms with E-state index in [9.17, 15) is 0 Å². The van der Waals surface area contributed by atoms with Gasteiger partial charge in [-0.2, -0.15) is 0 Å². The molecule has 1 nitrogen and oxygen atoms in total. The van der Waals surface area contributed by atoms with E-state index in [1.807, 2.05) is 11.3 Å². The van der Waals surface area contributed by atoms with Crippen LogP contribution in [0, 0.1) is 5.41 Å². The molecule has 1 N–H and O–H groups in total. The molecule has 2 aliphatic rings. The lowest BCUT2D eigenvalue weighted by molar-refractivity contribution is 0.240. The topological polar surface area (TPSA) is 12.0 Å². The molecule has 2 aliphatic carbocycles. The highest BCUT2D eigenvalue weighted by molar-refractivity contribution is 7.10. The Morgan fingerprint density at radius 2 is 2.00 bits per heavy atom. The number of benzene rings is 1. The minimum atomic E-state index is 0.303. The van der Waals surface area contributed by atoms with Gasteiger partial charge >= 0.3 is 0 Å². The van der Waals surface area contributed by atoms with Gasteiger partial charge in [0.2, 0.25) is 0 Å². The molecule has 0 saturated carbocycles. The third-order valence-electron chi connectivity index (χ3n) is 5.21. The van der Waals surface area contributed by atoms with E-state index in [0.717, 1.165) is 0 Å². The van der Waals surface area contributed by atoms with E-state index >= 15 is 0 Å². The van der Waals surface area contributed by atoms with Crippen molar-refractivity contribution in [2.75, 3.05) is 0 Å². The third kappa shape index (κ3) is 2.25. The lowest BCUT2D eigenvalue weighted by Gasteiger charge is -2.34. The molecule has 0 amide bonds. The van der Waals surface area contributed by atoms with Crippen molar-refractivity contribution in [1.29, 1.82) is 0 Å². The molecule has 2 aromatic rings. The van der Waals surface area contributed by atoms with Crippen LogP contribution in [0.5, 0.6) is 0 Å². The molecule has 0 saturated heterocycles. The van der Waals surface area contributed by atoms with E-state index in [0.29, 0.717) is 17.5 Å². The fraction of sp³-hybridized carbons (Fsp3) is 0.474. The van der Waals surface area contributed by atoms with Crippen molar-refractivity contribution >= 4 is 11.3 Å². The van der Waals surface area contributed by atoms with Crippen LogP contribution in [0.25, 0.3) is 0 Å². The first kappa shape index (κ1) is 13.5. The first-order valence-corrected chi connectivity index (χ1v) is 8.93. The molecule has 0 aliphatic heterocycles. The summed E-state index contributed by atoms with van der Waals surface area (Å²) in [5, 5.41) is 6.28. The molecule has 1 aromatic heterocycles. The second-order valence-corrected chi connectivity index (χ2v) is 8.21. The van der Waals surface area contributed by atoms with Gasteiger partial charge < -0.3 is 5.32 Å². The summed E-state index contributed by atoms with van der Waals surface area (Å²) in [4.78, 5) is 1.60. The van der Waals surface area contributed by atoms with Gasteiger partial charge in [-0.15, -0.1) is 11.3 Å². The Balaban J connectivity index is 1.66. The largest absolute Gasteiger partial charge is 0.303 e. The summed E-state index contributed by atoms with van der Waals surface area (Å²) in [6.45, 7) is 4.81. The molecule has 4 rings (SSSR count). The van der Waals surface area contributed by atoms with Crippen molar-refractivity contribution in [2.24, 2.45) is 5.41 Å². The van der Waals surface area contributed by atoms with Gasteiger partial charge in [0, 0.05) is 17.0 Å². The molecule has 0 bridgehead atoms. The van der Waals surface area contributed by atoms with E-state index in [4.69, 9.17) is 0 Å². The second kappa shape index (κ2) is 4.96. The van der Waals surface area contributed by atoms with Crippen molar-refractivity contribution in [1.82, 2.24) is 5.32 Å². The van der Waals surface area contributed by atoms with Crippen LogP contribution in [0.4, 0.5) is 0 Å². The van der Waals surface area contributed by atoms with Crippen LogP contribution in [0.3, 0.4) is 0 Å². The number of hydrogen-bond acceptors (Lipinski definition) is 2. The van der Waals surface area contributed by atoms with Gasteiger partial charge in [-0.1, -0.05) is 38.1 Å². The SMILES string of the molecule is CC1(C)Cc2ccccc2C1NC1CCCc2sccc21. The molecule has 0 radical (unpaired) electrons. The van der Waals surface area contributed by atoms with E-state index < -0.39 is 0 Å². The van der Waals surface area contributed by atoms with Gasteiger partial charge in [-0.25, -0.2) is 0 Å². The Hall–Kier alpha value is -1.12. The van der Waals surface area contributed by atoms with Crippen LogP contribution >= 0.6 is 11.3 Å². The highest BCUT2D eigenvalue weighted by Gasteiger charge is 2.40. The summed E-state index contributed by atoms with van der Waals surface area (Å²) >= 11 is 1.93. The van der Waals surface area contributed by atoms with Gasteiger partial charge in [0.25, 0.3) is 0 Å². The average Bonchev–Trinajstić information content (AvgIpc) is 3.02. The van der Waals surface area contributed by atoms with E-state index in [2.05, 4.69) is 54.9 Å². The van der Waals surface area contributed by atoms with Gasteiger partial charge in [-0.05, 0) is 59.2 Å². The van der Waals surface area contributed by atoms with Crippen LogP contribution in [0.15, 0.2) is 35.7 Å². The first-order chi connectivity index (χ1) is 10.1. The third-order valence-corrected chi connectivity index (χ3v) is 6.21. The Bertz CT molecular complexity index is 655. The monoisotopic (exact) mass is 297 g/mol. The quantitative estimate of drug-likeness (QED) is 0.819. The fourth-order valence-electron chi connectivity index (χ4n) is 4.17. The molecular formula is C19H23NS. The zero-order chi connectivity index (χ0) is 14.4. The molecule has 1 heterocycles. The highest BCUT2D eigenvalue weighted by Crippen LogP contribution is 2.47. The number of aryl methyl sites for hydroxylation is 1. The van der Waals surface area contributed by atoms with Gasteiger partial charge in [0.05, 0.1) is 0 Å². The first-order valence-electron chi connectivity index (χ1n) is 8.05. The maximum absolute atomic E-state index is 4.01. The van der Waals surface area contributed by atoms with Crippen LogP contribution in [-0.4, -0.2) is 0 Å². The summed E-state index contributed by atoms with van der Waals surface area (Å²) in [5.74, 6) is 0. The molecule has 21 heavy (non-hydrogen) atoms. The van der Waals surface area contributed by atoms with Gasteiger partial charge in [0.15, 0.2) is 0 Å². The summed E-state index contributed by atoms with van der Waals surface area (Å²) in [7, 11) is 0. The van der Waals surface area contributed by atoms with E-state index in [1.54, 1.807) is 10.4 Å². The minimum absolute atomic E-state index is 0.303. The van der Waals surface area contributed by atoms with Crippen molar-refractivity contribution < 1.29 is 0 Å². The smallest absolute Gasteiger partial charge is 0.0382 e. The molecule has 0 fully saturated rings. The van der Waals surface area contributed by atoms with Crippen molar-refractivity contribution in [3.05, 3.63) is 57.3 Å². The zero-order valence-corrected chi connectivity index (χ0v) is 13.7. The fourth-order valence-corrected chi connectivity index (χ4v) is 5.15. The summed E-state index contributed by atoms with van der Waals surface area (Å²) in [6, 6.07) is 12.3. The summed E-state index contributed by atoms with van der Waals surface area (Å²) in [5.41, 5.74) is 4.91. The second-order valence-electron chi connectivity index (χ2n) is 7.21. The zero-order valence-electron chi connectivity index (χ0n) is 12.9. The standard InChI is InChI=1S/C19H23NS/c1-19(2)12-13-6-3-4-7-14(13)18(19)20-16-8-5-9-17-15(16)10-11-21-17/h3-4,6-7,10-11,16,18,20H,5,8-9,12H2,1-2H3. The van der Waals surface area contributed by atoms with Crippen LogP contribution < -0.4 is 5.32 Å². The lowest BCUT2D eigenvalue weighted by atomic mass is 9.83. The van der Waals surface area contributed by atoms with Crippen LogP contribution in [0.1, 0.15) is 60.3 Å². The van der Waals surface area contributed by atoms with Gasteiger partial charge in [-0.3, -0.25) is 0 Å². The molecule has 2 unspecified atom stereocenters. The molecular weight excluding hydrogens is 274 g/mol. The Morgan fingerprint density at radius 1 is 1.14 bits per heavy atom. The number of thiophene rings is 1.